The molecule has 8 heteroatoms. The van der Waals surface area contributed by atoms with E-state index < -0.39 is 6.04 Å². The molecule has 0 saturated carbocycles. The first-order chi connectivity index (χ1) is 16.3. The van der Waals surface area contributed by atoms with Crippen molar-refractivity contribution in [1.82, 2.24) is 15.5 Å². The first-order valence-corrected chi connectivity index (χ1v) is 12.3. The maximum absolute atomic E-state index is 13.1. The molecule has 1 atom stereocenters. The highest BCUT2D eigenvalue weighted by Crippen LogP contribution is 2.24. The van der Waals surface area contributed by atoms with Crippen LogP contribution in [0.1, 0.15) is 47.4 Å². The van der Waals surface area contributed by atoms with Crippen LogP contribution in [0.15, 0.2) is 53.0 Å². The summed E-state index contributed by atoms with van der Waals surface area (Å²) in [6, 6.07) is 13.5. The van der Waals surface area contributed by atoms with Gasteiger partial charge >= 0.3 is 0 Å². The summed E-state index contributed by atoms with van der Waals surface area (Å²) in [5, 5.41) is 5.91. The number of ether oxygens (including phenoxy) is 1. The van der Waals surface area contributed by atoms with E-state index in [1.165, 1.54) is 0 Å². The minimum atomic E-state index is -0.670. The molecule has 1 saturated heterocycles. The van der Waals surface area contributed by atoms with Gasteiger partial charge in [-0.3, -0.25) is 14.4 Å². The highest BCUT2D eigenvalue weighted by molar-refractivity contribution is 9.10. The van der Waals surface area contributed by atoms with Gasteiger partial charge in [0.2, 0.25) is 5.91 Å². The number of nitrogens with one attached hydrogen (secondary N) is 2. The third kappa shape index (κ3) is 6.82. The van der Waals surface area contributed by atoms with Crippen molar-refractivity contribution in [1.29, 1.82) is 0 Å². The number of benzene rings is 2. The molecule has 0 bridgehead atoms. The van der Waals surface area contributed by atoms with Crippen molar-refractivity contribution in [3.8, 4) is 5.75 Å². The SMILES string of the molecule is COc1ccc(C(=O)NC(C(=O)NCC(C)C)C2CCN(C(=O)c3cccc(Br)c3)CC2)cc1. The third-order valence-electron chi connectivity index (χ3n) is 5.98. The Labute approximate surface area is 209 Å². The van der Waals surface area contributed by atoms with E-state index in [1.807, 2.05) is 36.9 Å². The van der Waals surface area contributed by atoms with Crippen molar-refractivity contribution < 1.29 is 19.1 Å². The molecule has 0 aromatic heterocycles. The summed E-state index contributed by atoms with van der Waals surface area (Å²) in [5.74, 6) is 0.368. The molecule has 1 unspecified atom stereocenters. The van der Waals surface area contributed by atoms with Crippen LogP contribution in [0.2, 0.25) is 0 Å². The van der Waals surface area contributed by atoms with Crippen LogP contribution in [-0.2, 0) is 4.79 Å². The molecule has 182 valence electrons. The largest absolute Gasteiger partial charge is 0.497 e. The number of methoxy groups -OCH3 is 1. The Morgan fingerprint density at radius 1 is 1.06 bits per heavy atom. The molecule has 1 aliphatic rings. The fourth-order valence-corrected chi connectivity index (χ4v) is 4.42. The van der Waals surface area contributed by atoms with Crippen LogP contribution in [0, 0.1) is 11.8 Å². The molecule has 0 spiro atoms. The monoisotopic (exact) mass is 529 g/mol. The van der Waals surface area contributed by atoms with Gasteiger partial charge < -0.3 is 20.3 Å². The maximum atomic E-state index is 13.1. The Morgan fingerprint density at radius 3 is 2.32 bits per heavy atom. The highest BCUT2D eigenvalue weighted by atomic mass is 79.9. The zero-order chi connectivity index (χ0) is 24.7. The summed E-state index contributed by atoms with van der Waals surface area (Å²) < 4.78 is 6.01. The number of amides is 3. The number of hydrogen-bond acceptors (Lipinski definition) is 4. The van der Waals surface area contributed by atoms with Crippen molar-refractivity contribution in [2.45, 2.75) is 32.7 Å². The Bertz CT molecular complexity index is 1000. The van der Waals surface area contributed by atoms with Crippen LogP contribution in [0.4, 0.5) is 0 Å². The Hall–Kier alpha value is -2.87. The molecule has 3 amide bonds. The number of carbonyl (C=O) groups is 3. The summed E-state index contributed by atoms with van der Waals surface area (Å²) in [7, 11) is 1.57. The van der Waals surface area contributed by atoms with Crippen LogP contribution in [-0.4, -0.2) is 55.4 Å². The third-order valence-corrected chi connectivity index (χ3v) is 6.47. The molecule has 7 nitrogen and oxygen atoms in total. The number of piperidine rings is 1. The van der Waals surface area contributed by atoms with Gasteiger partial charge in [-0.1, -0.05) is 35.8 Å². The average molecular weight is 530 g/mol. The summed E-state index contributed by atoms with van der Waals surface area (Å²) in [5.41, 5.74) is 1.09. The number of rotatable bonds is 8. The van der Waals surface area contributed by atoms with Gasteiger partial charge in [-0.25, -0.2) is 0 Å². The number of halogens is 1. The molecule has 2 N–H and O–H groups in total. The lowest BCUT2D eigenvalue weighted by molar-refractivity contribution is -0.124. The number of nitrogens with zero attached hydrogens (tertiary/aromatic N) is 1. The van der Waals surface area contributed by atoms with Gasteiger partial charge in [0.25, 0.3) is 11.8 Å². The van der Waals surface area contributed by atoms with Crippen LogP contribution in [0.5, 0.6) is 5.75 Å². The van der Waals surface area contributed by atoms with Gasteiger partial charge in [0.05, 0.1) is 7.11 Å². The molecule has 2 aromatic rings. The van der Waals surface area contributed by atoms with E-state index in [4.69, 9.17) is 4.74 Å². The standard InChI is InChI=1S/C26H32BrN3O4/c1-17(2)16-28-25(32)23(29-24(31)19-7-9-22(34-3)10-8-19)18-11-13-30(14-12-18)26(33)20-5-4-6-21(27)15-20/h4-10,15,17-18,23H,11-14,16H2,1-3H3,(H,28,32)(H,29,31). The zero-order valence-electron chi connectivity index (χ0n) is 19.8. The smallest absolute Gasteiger partial charge is 0.253 e. The Balaban J connectivity index is 1.68. The number of carbonyl (C=O) groups excluding carboxylic acids is 3. The lowest BCUT2D eigenvalue weighted by Crippen LogP contribution is -2.54. The Kier molecular flexibility index (Phi) is 9.10. The van der Waals surface area contributed by atoms with Gasteiger partial charge in [0.1, 0.15) is 11.8 Å². The maximum Gasteiger partial charge on any atom is 0.253 e. The van der Waals surface area contributed by atoms with Crippen LogP contribution < -0.4 is 15.4 Å². The van der Waals surface area contributed by atoms with Crippen LogP contribution in [0.25, 0.3) is 0 Å². The number of likely N-dealkylation sites (tertiary alicyclic amines) is 1. The average Bonchev–Trinajstić information content (AvgIpc) is 2.85. The second kappa shape index (κ2) is 12.0. The van der Waals surface area contributed by atoms with Crippen molar-refractivity contribution >= 4 is 33.7 Å². The minimum Gasteiger partial charge on any atom is -0.497 e. The summed E-state index contributed by atoms with van der Waals surface area (Å²) in [4.78, 5) is 40.7. The van der Waals surface area contributed by atoms with E-state index >= 15 is 0 Å². The summed E-state index contributed by atoms with van der Waals surface area (Å²) >= 11 is 3.41. The van der Waals surface area contributed by atoms with Gasteiger partial charge in [-0.2, -0.15) is 0 Å². The van der Waals surface area contributed by atoms with Crippen molar-refractivity contribution in [2.75, 3.05) is 26.7 Å². The van der Waals surface area contributed by atoms with Crippen LogP contribution in [0.3, 0.4) is 0 Å². The Morgan fingerprint density at radius 2 is 1.74 bits per heavy atom. The second-order valence-electron chi connectivity index (χ2n) is 8.96. The van der Waals surface area contributed by atoms with Crippen molar-refractivity contribution in [2.24, 2.45) is 11.8 Å². The molecule has 34 heavy (non-hydrogen) atoms. The lowest BCUT2D eigenvalue weighted by Gasteiger charge is -2.36. The predicted octanol–water partition coefficient (Wildman–Crippen LogP) is 3.88. The fraction of sp³-hybridized carbons (Fsp3) is 0.423. The minimum absolute atomic E-state index is 0.0252. The molecule has 0 aliphatic carbocycles. The predicted molar refractivity (Wildman–Crippen MR) is 135 cm³/mol. The normalized spacial score (nSPS) is 15.0. The van der Waals surface area contributed by atoms with Crippen LogP contribution >= 0.6 is 15.9 Å². The highest BCUT2D eigenvalue weighted by Gasteiger charge is 2.34. The first-order valence-electron chi connectivity index (χ1n) is 11.6. The van der Waals surface area contributed by atoms with Gasteiger partial charge in [-0.05, 0) is 67.1 Å². The first kappa shape index (κ1) is 25.7. The van der Waals surface area contributed by atoms with E-state index in [2.05, 4.69) is 26.6 Å². The fourth-order valence-electron chi connectivity index (χ4n) is 4.02. The molecular weight excluding hydrogens is 498 g/mol. The van der Waals surface area contributed by atoms with Gasteiger partial charge in [0.15, 0.2) is 0 Å². The summed E-state index contributed by atoms with van der Waals surface area (Å²) in [6.07, 6.45) is 1.25. The molecule has 0 radical (unpaired) electrons. The topological polar surface area (TPSA) is 87.7 Å². The van der Waals surface area contributed by atoms with Crippen molar-refractivity contribution in [3.05, 3.63) is 64.1 Å². The van der Waals surface area contributed by atoms with Gasteiger partial charge in [-0.15, -0.1) is 0 Å². The molecule has 3 rings (SSSR count). The van der Waals surface area contributed by atoms with E-state index in [0.29, 0.717) is 55.3 Å². The number of hydrogen-bond donors (Lipinski definition) is 2. The van der Waals surface area contributed by atoms with E-state index in [0.717, 1.165) is 4.47 Å². The molecule has 1 heterocycles. The van der Waals surface area contributed by atoms with E-state index in [1.54, 1.807) is 37.4 Å². The van der Waals surface area contributed by atoms with Crippen molar-refractivity contribution in [3.63, 3.8) is 0 Å². The van der Waals surface area contributed by atoms with Gasteiger partial charge in [0, 0.05) is 35.2 Å². The molecule has 1 fully saturated rings. The molecular formula is C26H32BrN3O4. The van der Waals surface area contributed by atoms with E-state index in [9.17, 15) is 14.4 Å². The zero-order valence-corrected chi connectivity index (χ0v) is 21.4. The molecule has 1 aliphatic heterocycles. The summed E-state index contributed by atoms with van der Waals surface area (Å²) in [6.45, 7) is 5.65. The van der Waals surface area contributed by atoms with E-state index in [-0.39, 0.29) is 23.6 Å². The second-order valence-corrected chi connectivity index (χ2v) is 9.87. The molecule has 2 aromatic carbocycles. The lowest BCUT2D eigenvalue weighted by atomic mass is 9.88. The quantitative estimate of drug-likeness (QED) is 0.543.